The van der Waals surface area contributed by atoms with E-state index in [0.717, 1.165) is 22.0 Å². The molecular formula is C23H29N3O3. The van der Waals surface area contributed by atoms with Crippen molar-refractivity contribution in [2.45, 2.75) is 25.8 Å². The SMILES string of the molecule is CCNC(=O)[C@H](C)NC[C@@H](c1cccc(OC)c1OC)c1c[nH]c2ccccc12. The lowest BCUT2D eigenvalue weighted by Gasteiger charge is -2.23. The van der Waals surface area contributed by atoms with Crippen molar-refractivity contribution in [1.82, 2.24) is 15.6 Å². The molecule has 0 unspecified atom stereocenters. The number of aromatic amines is 1. The predicted octanol–water partition coefficient (Wildman–Crippen LogP) is 3.43. The third-order valence-corrected chi connectivity index (χ3v) is 5.18. The number of ether oxygens (including phenoxy) is 2. The summed E-state index contributed by atoms with van der Waals surface area (Å²) in [6.45, 7) is 4.98. The number of benzene rings is 2. The number of para-hydroxylation sites is 2. The van der Waals surface area contributed by atoms with Crippen molar-refractivity contribution in [2.75, 3.05) is 27.3 Å². The second-order valence-corrected chi connectivity index (χ2v) is 6.95. The van der Waals surface area contributed by atoms with Crippen LogP contribution in [0.5, 0.6) is 11.5 Å². The molecular weight excluding hydrogens is 366 g/mol. The van der Waals surface area contributed by atoms with Crippen LogP contribution in [0.1, 0.15) is 30.9 Å². The molecule has 0 radical (unpaired) electrons. The summed E-state index contributed by atoms with van der Waals surface area (Å²) < 4.78 is 11.2. The molecule has 1 aromatic heterocycles. The largest absolute Gasteiger partial charge is 0.493 e. The monoisotopic (exact) mass is 395 g/mol. The Balaban J connectivity index is 2.02. The molecule has 0 fully saturated rings. The number of rotatable bonds is 9. The summed E-state index contributed by atoms with van der Waals surface area (Å²) in [4.78, 5) is 15.5. The number of aromatic nitrogens is 1. The second kappa shape index (κ2) is 9.47. The molecule has 0 aliphatic carbocycles. The van der Waals surface area contributed by atoms with Crippen LogP contribution in [-0.4, -0.2) is 44.2 Å². The molecule has 0 saturated heterocycles. The van der Waals surface area contributed by atoms with Gasteiger partial charge in [0.05, 0.1) is 20.3 Å². The molecule has 29 heavy (non-hydrogen) atoms. The average Bonchev–Trinajstić information content (AvgIpc) is 3.17. The van der Waals surface area contributed by atoms with Crippen LogP contribution in [0.3, 0.4) is 0 Å². The number of fused-ring (bicyclic) bond motifs is 1. The standard InChI is InChI=1S/C23H29N3O3/c1-5-24-23(27)15(2)25-13-19(17-10-8-12-21(28-3)22(17)29-4)18-14-26-20-11-7-6-9-16(18)20/h6-12,14-15,19,25-26H,5,13H2,1-4H3,(H,24,27)/t15-,19-/m0/s1. The van der Waals surface area contributed by atoms with Gasteiger partial charge in [-0.1, -0.05) is 30.3 Å². The summed E-state index contributed by atoms with van der Waals surface area (Å²) in [5.74, 6) is 1.35. The lowest BCUT2D eigenvalue weighted by molar-refractivity contribution is -0.122. The van der Waals surface area contributed by atoms with Crippen molar-refractivity contribution in [2.24, 2.45) is 0 Å². The smallest absolute Gasteiger partial charge is 0.236 e. The van der Waals surface area contributed by atoms with E-state index in [-0.39, 0.29) is 17.9 Å². The lowest BCUT2D eigenvalue weighted by atomic mass is 9.89. The number of carbonyl (C=O) groups excluding carboxylic acids is 1. The molecule has 2 atom stereocenters. The highest BCUT2D eigenvalue weighted by Crippen LogP contribution is 2.40. The van der Waals surface area contributed by atoms with Gasteiger partial charge in [-0.3, -0.25) is 4.79 Å². The fourth-order valence-electron chi connectivity index (χ4n) is 3.67. The van der Waals surface area contributed by atoms with Gasteiger partial charge in [-0.25, -0.2) is 0 Å². The highest BCUT2D eigenvalue weighted by Gasteiger charge is 2.25. The van der Waals surface area contributed by atoms with Crippen LogP contribution in [0.25, 0.3) is 10.9 Å². The maximum atomic E-state index is 12.2. The minimum Gasteiger partial charge on any atom is -0.493 e. The molecule has 0 bridgehead atoms. The zero-order chi connectivity index (χ0) is 20.8. The zero-order valence-electron chi connectivity index (χ0n) is 17.4. The van der Waals surface area contributed by atoms with E-state index in [1.807, 2.05) is 50.4 Å². The second-order valence-electron chi connectivity index (χ2n) is 6.95. The van der Waals surface area contributed by atoms with Gasteiger partial charge in [0.1, 0.15) is 0 Å². The molecule has 3 rings (SSSR count). The van der Waals surface area contributed by atoms with E-state index in [2.05, 4.69) is 27.8 Å². The van der Waals surface area contributed by atoms with E-state index >= 15 is 0 Å². The molecule has 0 saturated carbocycles. The number of amides is 1. The normalized spacial score (nSPS) is 13.1. The molecule has 0 aliphatic heterocycles. The molecule has 0 aliphatic rings. The quantitative estimate of drug-likeness (QED) is 0.519. The fourth-order valence-corrected chi connectivity index (χ4v) is 3.67. The third kappa shape index (κ3) is 4.38. The Morgan fingerprint density at radius 2 is 1.86 bits per heavy atom. The molecule has 1 amide bonds. The molecule has 154 valence electrons. The number of carbonyl (C=O) groups is 1. The van der Waals surface area contributed by atoms with Crippen LogP contribution in [-0.2, 0) is 4.79 Å². The van der Waals surface area contributed by atoms with Crippen LogP contribution in [0.2, 0.25) is 0 Å². The van der Waals surface area contributed by atoms with Crippen molar-refractivity contribution < 1.29 is 14.3 Å². The average molecular weight is 396 g/mol. The first kappa shape index (κ1) is 20.7. The van der Waals surface area contributed by atoms with E-state index in [9.17, 15) is 4.79 Å². The third-order valence-electron chi connectivity index (χ3n) is 5.18. The highest BCUT2D eigenvalue weighted by atomic mass is 16.5. The van der Waals surface area contributed by atoms with Crippen molar-refractivity contribution in [3.8, 4) is 11.5 Å². The van der Waals surface area contributed by atoms with E-state index in [1.54, 1.807) is 14.2 Å². The number of nitrogens with one attached hydrogen (secondary N) is 3. The highest BCUT2D eigenvalue weighted by molar-refractivity contribution is 5.84. The molecule has 6 heteroatoms. The summed E-state index contributed by atoms with van der Waals surface area (Å²) in [6, 6.07) is 13.8. The predicted molar refractivity (Wildman–Crippen MR) is 116 cm³/mol. The van der Waals surface area contributed by atoms with Crippen LogP contribution in [0, 0.1) is 0 Å². The van der Waals surface area contributed by atoms with Crippen LogP contribution >= 0.6 is 0 Å². The number of likely N-dealkylation sites (N-methyl/N-ethyl adjacent to an activating group) is 1. The van der Waals surface area contributed by atoms with Gasteiger partial charge in [0.25, 0.3) is 0 Å². The minimum atomic E-state index is -0.306. The summed E-state index contributed by atoms with van der Waals surface area (Å²) >= 11 is 0. The van der Waals surface area contributed by atoms with Gasteiger partial charge < -0.3 is 25.1 Å². The molecule has 2 aromatic carbocycles. The number of methoxy groups -OCH3 is 2. The van der Waals surface area contributed by atoms with E-state index in [4.69, 9.17) is 9.47 Å². The summed E-state index contributed by atoms with van der Waals surface area (Å²) in [5.41, 5.74) is 3.22. The molecule has 1 heterocycles. The molecule has 3 N–H and O–H groups in total. The van der Waals surface area contributed by atoms with Gasteiger partial charge in [0.2, 0.25) is 5.91 Å². The first-order chi connectivity index (χ1) is 14.1. The van der Waals surface area contributed by atoms with Crippen LogP contribution < -0.4 is 20.1 Å². The first-order valence-electron chi connectivity index (χ1n) is 9.88. The Hall–Kier alpha value is -2.99. The summed E-state index contributed by atoms with van der Waals surface area (Å²) in [7, 11) is 3.29. The molecule has 0 spiro atoms. The van der Waals surface area contributed by atoms with Crippen LogP contribution in [0.4, 0.5) is 0 Å². The van der Waals surface area contributed by atoms with Gasteiger partial charge in [-0.15, -0.1) is 0 Å². The van der Waals surface area contributed by atoms with E-state index in [1.165, 1.54) is 0 Å². The van der Waals surface area contributed by atoms with Crippen molar-refractivity contribution >= 4 is 16.8 Å². The number of H-pyrrole nitrogens is 1. The Morgan fingerprint density at radius 1 is 1.07 bits per heavy atom. The van der Waals surface area contributed by atoms with Crippen molar-refractivity contribution in [3.63, 3.8) is 0 Å². The minimum absolute atomic E-state index is 0.0113. The van der Waals surface area contributed by atoms with Gasteiger partial charge in [0, 0.05) is 41.7 Å². The van der Waals surface area contributed by atoms with Crippen molar-refractivity contribution in [1.29, 1.82) is 0 Å². The number of hydrogen-bond acceptors (Lipinski definition) is 4. The number of hydrogen-bond donors (Lipinski definition) is 3. The van der Waals surface area contributed by atoms with Crippen LogP contribution in [0.15, 0.2) is 48.7 Å². The molecule has 6 nitrogen and oxygen atoms in total. The van der Waals surface area contributed by atoms with E-state index < -0.39 is 0 Å². The van der Waals surface area contributed by atoms with Gasteiger partial charge in [-0.2, -0.15) is 0 Å². The molecule has 3 aromatic rings. The van der Waals surface area contributed by atoms with Gasteiger partial charge >= 0.3 is 0 Å². The Morgan fingerprint density at radius 3 is 2.59 bits per heavy atom. The van der Waals surface area contributed by atoms with E-state index in [0.29, 0.717) is 24.6 Å². The summed E-state index contributed by atoms with van der Waals surface area (Å²) in [6.07, 6.45) is 2.03. The van der Waals surface area contributed by atoms with Gasteiger partial charge in [-0.05, 0) is 31.5 Å². The first-order valence-corrected chi connectivity index (χ1v) is 9.88. The topological polar surface area (TPSA) is 75.4 Å². The Labute approximate surface area is 171 Å². The lowest BCUT2D eigenvalue weighted by Crippen LogP contribution is -2.43. The summed E-state index contributed by atoms with van der Waals surface area (Å²) in [5, 5.41) is 7.39. The fraction of sp³-hybridized carbons (Fsp3) is 0.348. The zero-order valence-corrected chi connectivity index (χ0v) is 17.4. The maximum Gasteiger partial charge on any atom is 0.236 e. The Kier molecular flexibility index (Phi) is 6.77. The maximum absolute atomic E-state index is 12.2. The van der Waals surface area contributed by atoms with Crippen molar-refractivity contribution in [3.05, 3.63) is 59.8 Å². The Bertz CT molecular complexity index is 967. The van der Waals surface area contributed by atoms with Gasteiger partial charge in [0.15, 0.2) is 11.5 Å².